The molecule has 1 atom stereocenters. The summed E-state index contributed by atoms with van der Waals surface area (Å²) < 4.78 is 32.9. The normalized spacial score (nSPS) is 13.8. The number of hydrogen-bond donors (Lipinski definition) is 1. The van der Waals surface area contributed by atoms with Crippen molar-refractivity contribution in [2.75, 3.05) is 5.75 Å². The summed E-state index contributed by atoms with van der Waals surface area (Å²) in [5, 5.41) is 2.48. The van der Waals surface area contributed by atoms with Crippen molar-refractivity contribution in [1.29, 1.82) is 0 Å². The minimum atomic E-state index is -4.48. The summed E-state index contributed by atoms with van der Waals surface area (Å²) in [6.07, 6.45) is 1.03. The summed E-state index contributed by atoms with van der Waals surface area (Å²) in [5.74, 6) is -1.26. The maximum absolute atomic E-state index is 11.4. The van der Waals surface area contributed by atoms with Crippen molar-refractivity contribution in [2.24, 2.45) is 0 Å². The number of carbonyl (C=O) groups excluding carboxylic acids is 1. The Kier molecular flexibility index (Phi) is 7.67. The van der Waals surface area contributed by atoms with Crippen molar-refractivity contribution in [1.82, 2.24) is 5.32 Å². The van der Waals surface area contributed by atoms with Crippen molar-refractivity contribution in [2.45, 2.75) is 12.5 Å². The summed E-state index contributed by atoms with van der Waals surface area (Å²) in [5.41, 5.74) is -0.729. The SMILES string of the molecule is C=CC(=O)NC(C)(CS(=O)(=O)[O-])c1ccccc1.[K+]. The first-order valence-electron chi connectivity index (χ1n) is 5.20. The fourth-order valence-corrected chi connectivity index (χ4v) is 2.62. The molecule has 1 unspecified atom stereocenters. The monoisotopic (exact) mass is 307 g/mol. The number of carbonyl (C=O) groups is 1. The zero-order valence-electron chi connectivity index (χ0n) is 10.9. The standard InChI is InChI=1S/C12H15NO4S.K/c1-3-11(14)13-12(2,9-18(15,16)17)10-7-5-4-6-8-10;/h3-8H,1,9H2,2H3,(H,13,14)(H,15,16,17);/q;+1/p-1. The molecule has 1 rings (SSSR count). The molecular formula is C12H14KNO4S. The van der Waals surface area contributed by atoms with Crippen LogP contribution >= 0.6 is 0 Å². The van der Waals surface area contributed by atoms with Crippen LogP contribution in [0.1, 0.15) is 12.5 Å². The van der Waals surface area contributed by atoms with E-state index in [-0.39, 0.29) is 51.4 Å². The van der Waals surface area contributed by atoms with E-state index in [0.717, 1.165) is 6.08 Å². The average molecular weight is 307 g/mol. The van der Waals surface area contributed by atoms with Gasteiger partial charge in [-0.2, -0.15) is 0 Å². The van der Waals surface area contributed by atoms with Crippen LogP contribution in [0.3, 0.4) is 0 Å². The molecule has 0 heterocycles. The fraction of sp³-hybridized carbons (Fsp3) is 0.250. The van der Waals surface area contributed by atoms with Gasteiger partial charge < -0.3 is 9.87 Å². The van der Waals surface area contributed by atoms with Crippen LogP contribution in [0.5, 0.6) is 0 Å². The molecule has 1 aromatic carbocycles. The van der Waals surface area contributed by atoms with Crippen LogP contribution in [0, 0.1) is 0 Å². The van der Waals surface area contributed by atoms with Crippen LogP contribution in [0.4, 0.5) is 0 Å². The smallest absolute Gasteiger partial charge is 0.748 e. The van der Waals surface area contributed by atoms with Gasteiger partial charge >= 0.3 is 51.4 Å². The zero-order valence-corrected chi connectivity index (χ0v) is 14.9. The first-order chi connectivity index (χ1) is 8.27. The van der Waals surface area contributed by atoms with E-state index in [0.29, 0.717) is 5.56 Å². The Hall–Kier alpha value is -0.0236. The van der Waals surface area contributed by atoms with E-state index in [1.54, 1.807) is 30.3 Å². The Labute approximate surface area is 155 Å². The molecule has 0 aliphatic carbocycles. The summed E-state index contributed by atoms with van der Waals surface area (Å²) in [6, 6.07) is 8.45. The Morgan fingerprint density at radius 1 is 1.42 bits per heavy atom. The molecule has 1 N–H and O–H groups in total. The average Bonchev–Trinajstić information content (AvgIpc) is 2.27. The third-order valence-corrected chi connectivity index (χ3v) is 3.39. The van der Waals surface area contributed by atoms with Gasteiger partial charge in [0.1, 0.15) is 0 Å². The second-order valence-corrected chi connectivity index (χ2v) is 5.50. The van der Waals surface area contributed by atoms with Gasteiger partial charge in [-0.05, 0) is 18.6 Å². The van der Waals surface area contributed by atoms with Crippen molar-refractivity contribution in [3.63, 3.8) is 0 Å². The molecule has 0 radical (unpaired) electrons. The minimum Gasteiger partial charge on any atom is -0.748 e. The van der Waals surface area contributed by atoms with Gasteiger partial charge in [-0.1, -0.05) is 36.9 Å². The molecule has 98 valence electrons. The zero-order chi connectivity index (χ0) is 13.8. The summed E-state index contributed by atoms with van der Waals surface area (Å²) in [6.45, 7) is 4.78. The maximum Gasteiger partial charge on any atom is 1.00 e. The molecule has 0 aromatic heterocycles. The second-order valence-electron chi connectivity index (χ2n) is 4.09. The predicted octanol–water partition coefficient (Wildman–Crippen LogP) is -2.25. The molecule has 0 aliphatic heterocycles. The minimum absolute atomic E-state index is 0. The van der Waals surface area contributed by atoms with Crippen LogP contribution in [0.25, 0.3) is 0 Å². The maximum atomic E-state index is 11.4. The number of rotatable bonds is 5. The Bertz CT molecular complexity index is 544. The largest absolute Gasteiger partial charge is 1.00 e. The van der Waals surface area contributed by atoms with E-state index in [1.807, 2.05) is 0 Å². The Balaban J connectivity index is 0.00000324. The molecule has 0 fully saturated rings. The van der Waals surface area contributed by atoms with Gasteiger partial charge in [0, 0.05) is 0 Å². The summed E-state index contributed by atoms with van der Waals surface area (Å²) >= 11 is 0. The van der Waals surface area contributed by atoms with Gasteiger partial charge in [-0.15, -0.1) is 0 Å². The van der Waals surface area contributed by atoms with E-state index < -0.39 is 27.3 Å². The van der Waals surface area contributed by atoms with E-state index >= 15 is 0 Å². The van der Waals surface area contributed by atoms with Crippen LogP contribution in [0.15, 0.2) is 43.0 Å². The molecule has 0 saturated carbocycles. The number of nitrogens with one attached hydrogen (secondary N) is 1. The molecule has 0 bridgehead atoms. The first kappa shape index (κ1) is 19.0. The van der Waals surface area contributed by atoms with Crippen LogP contribution in [-0.2, 0) is 20.5 Å². The number of hydrogen-bond acceptors (Lipinski definition) is 4. The molecule has 7 heteroatoms. The molecule has 19 heavy (non-hydrogen) atoms. The van der Waals surface area contributed by atoms with Crippen LogP contribution in [0.2, 0.25) is 0 Å². The van der Waals surface area contributed by atoms with Gasteiger partial charge in [0.15, 0.2) is 0 Å². The summed E-state index contributed by atoms with van der Waals surface area (Å²) in [4.78, 5) is 11.4. The molecule has 0 saturated heterocycles. The fourth-order valence-electron chi connectivity index (χ4n) is 1.67. The first-order valence-corrected chi connectivity index (χ1v) is 6.78. The van der Waals surface area contributed by atoms with Crippen molar-refractivity contribution >= 4 is 16.0 Å². The van der Waals surface area contributed by atoms with E-state index in [4.69, 9.17) is 0 Å². The topological polar surface area (TPSA) is 86.3 Å². The van der Waals surface area contributed by atoms with Crippen molar-refractivity contribution < 1.29 is 69.1 Å². The number of benzene rings is 1. The molecule has 5 nitrogen and oxygen atoms in total. The summed E-state index contributed by atoms with van der Waals surface area (Å²) in [7, 11) is -4.48. The van der Waals surface area contributed by atoms with Gasteiger partial charge in [-0.25, -0.2) is 8.42 Å². The van der Waals surface area contributed by atoms with Crippen LogP contribution < -0.4 is 56.7 Å². The van der Waals surface area contributed by atoms with Crippen molar-refractivity contribution in [3.8, 4) is 0 Å². The van der Waals surface area contributed by atoms with Gasteiger partial charge in [0.05, 0.1) is 21.4 Å². The molecular weight excluding hydrogens is 293 g/mol. The molecule has 0 spiro atoms. The second kappa shape index (κ2) is 7.68. The third kappa shape index (κ3) is 6.31. The van der Waals surface area contributed by atoms with E-state index in [2.05, 4.69) is 11.9 Å². The molecule has 0 aliphatic rings. The predicted molar refractivity (Wildman–Crippen MR) is 66.7 cm³/mol. The molecule has 1 amide bonds. The Morgan fingerprint density at radius 3 is 2.37 bits per heavy atom. The Morgan fingerprint density at radius 2 is 1.95 bits per heavy atom. The third-order valence-electron chi connectivity index (χ3n) is 2.46. The van der Waals surface area contributed by atoms with Gasteiger partial charge in [0.2, 0.25) is 5.91 Å². The quantitative estimate of drug-likeness (QED) is 0.378. The van der Waals surface area contributed by atoms with E-state index in [1.165, 1.54) is 6.92 Å². The number of amides is 1. The van der Waals surface area contributed by atoms with Crippen molar-refractivity contribution in [3.05, 3.63) is 48.6 Å². The van der Waals surface area contributed by atoms with Crippen LogP contribution in [-0.4, -0.2) is 24.6 Å². The van der Waals surface area contributed by atoms with E-state index in [9.17, 15) is 17.8 Å². The van der Waals surface area contributed by atoms with Gasteiger partial charge in [-0.3, -0.25) is 4.79 Å². The van der Waals surface area contributed by atoms with Gasteiger partial charge in [0.25, 0.3) is 0 Å². The molecule has 1 aromatic rings.